The van der Waals surface area contributed by atoms with Crippen LogP contribution in [0.25, 0.3) is 0 Å². The van der Waals surface area contributed by atoms with Crippen LogP contribution in [-0.4, -0.2) is 40.3 Å². The van der Waals surface area contributed by atoms with Gasteiger partial charge < -0.3 is 14.8 Å². The molecule has 1 aromatic rings. The topological polar surface area (TPSA) is 71.4 Å². The van der Waals surface area contributed by atoms with Gasteiger partial charge in [-0.05, 0) is 32.8 Å². The molecule has 0 atom stereocenters. The summed E-state index contributed by atoms with van der Waals surface area (Å²) in [6.45, 7) is 4.85. The van der Waals surface area contributed by atoms with Gasteiger partial charge in [-0.1, -0.05) is 12.8 Å². The maximum Gasteiger partial charge on any atom is 0.274 e. The molecule has 138 valence electrons. The second-order valence-corrected chi connectivity index (χ2v) is 7.50. The molecule has 1 aliphatic rings. The number of hydrogen-bond donors (Lipinski definition) is 1. The van der Waals surface area contributed by atoms with E-state index >= 15 is 0 Å². The van der Waals surface area contributed by atoms with E-state index in [2.05, 4.69) is 5.32 Å². The summed E-state index contributed by atoms with van der Waals surface area (Å²) >= 11 is 5.82. The normalized spacial score (nSPS) is 15.6. The minimum absolute atomic E-state index is 0.103. The van der Waals surface area contributed by atoms with Gasteiger partial charge in [0.05, 0.1) is 11.0 Å². The van der Waals surface area contributed by atoms with E-state index in [0.29, 0.717) is 5.56 Å². The summed E-state index contributed by atoms with van der Waals surface area (Å²) in [5.74, 6) is -0.325. The number of aryl methyl sites for hydroxylation is 1. The van der Waals surface area contributed by atoms with Gasteiger partial charge >= 0.3 is 0 Å². The lowest BCUT2D eigenvalue weighted by Crippen LogP contribution is -2.36. The van der Waals surface area contributed by atoms with Crippen LogP contribution in [0.1, 0.15) is 49.9 Å². The standard InChI is InChI=1S/C18H26ClN3O3/c1-18(2,12-19)17(25)20-14-10-13(11-21(3)16(14)24)15(23)22-8-6-4-5-7-9-22/h10-11H,4-9,12H2,1-3H3,(H,20,25). The number of rotatable bonds is 4. The number of anilines is 1. The smallest absolute Gasteiger partial charge is 0.274 e. The quantitative estimate of drug-likeness (QED) is 0.831. The lowest BCUT2D eigenvalue weighted by Gasteiger charge is -2.22. The van der Waals surface area contributed by atoms with Crippen LogP contribution in [0.4, 0.5) is 5.69 Å². The predicted octanol–water partition coefficient (Wildman–Crippen LogP) is 2.61. The molecule has 7 heteroatoms. The Bertz CT molecular complexity index is 704. The molecule has 1 fully saturated rings. The minimum Gasteiger partial charge on any atom is -0.339 e. The van der Waals surface area contributed by atoms with Gasteiger partial charge in [-0.3, -0.25) is 14.4 Å². The largest absolute Gasteiger partial charge is 0.339 e. The van der Waals surface area contributed by atoms with E-state index in [4.69, 9.17) is 11.6 Å². The van der Waals surface area contributed by atoms with E-state index in [9.17, 15) is 14.4 Å². The van der Waals surface area contributed by atoms with Crippen LogP contribution in [0, 0.1) is 5.41 Å². The van der Waals surface area contributed by atoms with Crippen LogP contribution < -0.4 is 10.9 Å². The van der Waals surface area contributed by atoms with Crippen molar-refractivity contribution in [2.24, 2.45) is 12.5 Å². The summed E-state index contributed by atoms with van der Waals surface area (Å²) in [5, 5.41) is 2.63. The van der Waals surface area contributed by atoms with Crippen molar-refractivity contribution in [3.8, 4) is 0 Å². The molecule has 0 spiro atoms. The van der Waals surface area contributed by atoms with E-state index in [0.717, 1.165) is 38.8 Å². The molecule has 0 saturated carbocycles. The number of hydrogen-bond acceptors (Lipinski definition) is 3. The molecule has 0 radical (unpaired) electrons. The minimum atomic E-state index is -0.808. The number of halogens is 1. The van der Waals surface area contributed by atoms with Crippen LogP contribution in [0.15, 0.2) is 17.1 Å². The van der Waals surface area contributed by atoms with Crippen molar-refractivity contribution >= 4 is 29.1 Å². The number of amides is 2. The fourth-order valence-corrected chi connectivity index (χ4v) is 2.85. The maximum absolute atomic E-state index is 12.8. The molecule has 0 aliphatic carbocycles. The number of carbonyl (C=O) groups is 2. The van der Waals surface area contributed by atoms with Crippen molar-refractivity contribution < 1.29 is 9.59 Å². The van der Waals surface area contributed by atoms with Crippen LogP contribution in [0.3, 0.4) is 0 Å². The highest BCUT2D eigenvalue weighted by Gasteiger charge is 2.28. The first-order valence-electron chi connectivity index (χ1n) is 8.63. The summed E-state index contributed by atoms with van der Waals surface area (Å²) in [4.78, 5) is 39.2. The Morgan fingerprint density at radius 3 is 2.36 bits per heavy atom. The van der Waals surface area contributed by atoms with Crippen molar-refractivity contribution in [1.82, 2.24) is 9.47 Å². The summed E-state index contributed by atoms with van der Waals surface area (Å²) < 4.78 is 1.33. The van der Waals surface area contributed by atoms with Crippen LogP contribution >= 0.6 is 11.6 Å². The second-order valence-electron chi connectivity index (χ2n) is 7.24. The number of likely N-dealkylation sites (tertiary alicyclic amines) is 1. The molecule has 2 heterocycles. The molecule has 0 unspecified atom stereocenters. The molecule has 0 aromatic carbocycles. The van der Waals surface area contributed by atoms with Gasteiger partial charge in [0.2, 0.25) is 5.91 Å². The number of carbonyl (C=O) groups excluding carboxylic acids is 2. The van der Waals surface area contributed by atoms with Gasteiger partial charge in [0.25, 0.3) is 11.5 Å². The molecular formula is C18H26ClN3O3. The van der Waals surface area contributed by atoms with Crippen LogP contribution in [0.2, 0.25) is 0 Å². The summed E-state index contributed by atoms with van der Waals surface area (Å²) in [6, 6.07) is 1.47. The van der Waals surface area contributed by atoms with E-state index in [1.807, 2.05) is 4.90 Å². The summed E-state index contributed by atoms with van der Waals surface area (Å²) in [7, 11) is 1.57. The van der Waals surface area contributed by atoms with Crippen molar-refractivity contribution in [3.05, 3.63) is 28.2 Å². The fraction of sp³-hybridized carbons (Fsp3) is 0.611. The van der Waals surface area contributed by atoms with Crippen molar-refractivity contribution in [2.45, 2.75) is 39.5 Å². The number of nitrogens with one attached hydrogen (secondary N) is 1. The molecule has 2 rings (SSSR count). The van der Waals surface area contributed by atoms with Crippen molar-refractivity contribution in [1.29, 1.82) is 0 Å². The van der Waals surface area contributed by atoms with Gasteiger partial charge in [-0.2, -0.15) is 0 Å². The lowest BCUT2D eigenvalue weighted by atomic mass is 9.95. The number of pyridine rings is 1. The Morgan fingerprint density at radius 2 is 1.80 bits per heavy atom. The molecule has 1 saturated heterocycles. The van der Waals surface area contributed by atoms with Gasteiger partial charge in [0.15, 0.2) is 0 Å². The predicted molar refractivity (Wildman–Crippen MR) is 99.2 cm³/mol. The SMILES string of the molecule is Cn1cc(C(=O)N2CCCCCC2)cc(NC(=O)C(C)(C)CCl)c1=O. The maximum atomic E-state index is 12.8. The van der Waals surface area contributed by atoms with Crippen LogP contribution in [0.5, 0.6) is 0 Å². The Kier molecular flexibility index (Phi) is 6.27. The fourth-order valence-electron chi connectivity index (χ4n) is 2.73. The second kappa shape index (κ2) is 8.04. The average molecular weight is 368 g/mol. The van der Waals surface area contributed by atoms with Gasteiger partial charge in [-0.15, -0.1) is 11.6 Å². The zero-order valence-electron chi connectivity index (χ0n) is 15.1. The number of nitrogens with zero attached hydrogens (tertiary/aromatic N) is 2. The summed E-state index contributed by atoms with van der Waals surface area (Å²) in [5.41, 5.74) is -0.655. The number of alkyl halides is 1. The Labute approximate surface area is 153 Å². The van der Waals surface area contributed by atoms with E-state index in [1.54, 1.807) is 20.9 Å². The molecule has 6 nitrogen and oxygen atoms in total. The molecule has 1 N–H and O–H groups in total. The van der Waals surface area contributed by atoms with Crippen LogP contribution in [-0.2, 0) is 11.8 Å². The zero-order chi connectivity index (χ0) is 18.6. The molecule has 1 aromatic heterocycles. The van der Waals surface area contributed by atoms with Crippen molar-refractivity contribution in [3.63, 3.8) is 0 Å². The molecule has 2 amide bonds. The Balaban J connectivity index is 2.29. The van der Waals surface area contributed by atoms with E-state index < -0.39 is 5.41 Å². The average Bonchev–Trinajstić information content (AvgIpc) is 2.87. The third-order valence-electron chi connectivity index (χ3n) is 4.52. The molecule has 25 heavy (non-hydrogen) atoms. The summed E-state index contributed by atoms with van der Waals surface area (Å²) in [6.07, 6.45) is 5.77. The highest BCUT2D eigenvalue weighted by atomic mass is 35.5. The zero-order valence-corrected chi connectivity index (χ0v) is 15.9. The molecule has 0 bridgehead atoms. The van der Waals surface area contributed by atoms with Gasteiger partial charge in [0, 0.05) is 32.2 Å². The number of aromatic nitrogens is 1. The third-order valence-corrected chi connectivity index (χ3v) is 5.19. The third kappa shape index (κ3) is 4.63. The van der Waals surface area contributed by atoms with Crippen molar-refractivity contribution in [2.75, 3.05) is 24.3 Å². The Morgan fingerprint density at radius 1 is 1.20 bits per heavy atom. The Hall–Kier alpha value is -1.82. The first kappa shape index (κ1) is 19.5. The van der Waals surface area contributed by atoms with Gasteiger partial charge in [0.1, 0.15) is 5.69 Å². The lowest BCUT2D eigenvalue weighted by molar-refractivity contribution is -0.122. The highest BCUT2D eigenvalue weighted by molar-refractivity contribution is 6.20. The first-order chi connectivity index (χ1) is 11.8. The highest BCUT2D eigenvalue weighted by Crippen LogP contribution is 2.20. The van der Waals surface area contributed by atoms with E-state index in [-0.39, 0.29) is 28.9 Å². The monoisotopic (exact) mass is 367 g/mol. The van der Waals surface area contributed by atoms with E-state index in [1.165, 1.54) is 16.8 Å². The first-order valence-corrected chi connectivity index (χ1v) is 9.17. The molecule has 1 aliphatic heterocycles. The van der Waals surface area contributed by atoms with Gasteiger partial charge in [-0.25, -0.2) is 0 Å². The molecular weight excluding hydrogens is 342 g/mol.